The number of carbonyl (C=O) groups excluding carboxylic acids is 1. The molecule has 2 atom stereocenters. The van der Waals surface area contributed by atoms with Gasteiger partial charge >= 0.3 is 0 Å². The number of hydrogen-bond acceptors (Lipinski definition) is 5. The van der Waals surface area contributed by atoms with Crippen molar-refractivity contribution in [2.24, 2.45) is 0 Å². The van der Waals surface area contributed by atoms with Crippen LogP contribution in [0.15, 0.2) is 48.0 Å². The molecule has 162 valence electrons. The Balaban J connectivity index is 1.40. The van der Waals surface area contributed by atoms with Gasteiger partial charge in [-0.05, 0) is 55.0 Å². The summed E-state index contributed by atoms with van der Waals surface area (Å²) in [5, 5.41) is 0. The third kappa shape index (κ3) is 4.68. The topological polar surface area (TPSA) is 54.0 Å². The molecule has 3 aliphatic rings. The summed E-state index contributed by atoms with van der Waals surface area (Å²) in [6, 6.07) is 13.6. The second-order valence-corrected chi connectivity index (χ2v) is 8.37. The maximum atomic E-state index is 12.8. The molecular formula is C26H28O5. The number of allylic oxidation sites excluding steroid dienone is 1. The van der Waals surface area contributed by atoms with Gasteiger partial charge < -0.3 is 18.9 Å². The predicted octanol–water partition coefficient (Wildman–Crippen LogP) is 5.32. The minimum Gasteiger partial charge on any atom is -0.461 e. The van der Waals surface area contributed by atoms with E-state index in [1.807, 2.05) is 48.5 Å². The van der Waals surface area contributed by atoms with Crippen LogP contribution in [0.25, 0.3) is 6.08 Å². The van der Waals surface area contributed by atoms with E-state index in [-0.39, 0.29) is 18.4 Å². The highest BCUT2D eigenvalue weighted by atomic mass is 16.7. The molecule has 5 nitrogen and oxygen atoms in total. The highest BCUT2D eigenvalue weighted by Gasteiger charge is 2.25. The minimum absolute atomic E-state index is 0.101. The molecule has 1 aliphatic carbocycles. The molecule has 31 heavy (non-hydrogen) atoms. The van der Waals surface area contributed by atoms with Crippen molar-refractivity contribution in [2.75, 3.05) is 13.2 Å². The number of hydrogen-bond donors (Lipinski definition) is 0. The second kappa shape index (κ2) is 9.25. The Hall–Kier alpha value is -2.63. The Labute approximate surface area is 183 Å². The Morgan fingerprint density at radius 2 is 1.55 bits per heavy atom. The van der Waals surface area contributed by atoms with Crippen molar-refractivity contribution in [1.82, 2.24) is 0 Å². The second-order valence-electron chi connectivity index (χ2n) is 8.37. The summed E-state index contributed by atoms with van der Waals surface area (Å²) in [7, 11) is 0. The lowest BCUT2D eigenvalue weighted by molar-refractivity contribution is -0.119. The monoisotopic (exact) mass is 420 g/mol. The zero-order valence-electron chi connectivity index (χ0n) is 17.7. The van der Waals surface area contributed by atoms with Gasteiger partial charge in [-0.2, -0.15) is 0 Å². The number of carbonyl (C=O) groups is 1. The molecule has 2 aromatic rings. The zero-order chi connectivity index (χ0) is 21.0. The molecule has 0 amide bonds. The average Bonchev–Trinajstić information content (AvgIpc) is 3.12. The molecular weight excluding hydrogens is 392 g/mol. The largest absolute Gasteiger partial charge is 0.461 e. The van der Waals surface area contributed by atoms with Crippen LogP contribution in [0.1, 0.15) is 60.0 Å². The number of rotatable bonds is 5. The van der Waals surface area contributed by atoms with Gasteiger partial charge in [0.05, 0.1) is 13.2 Å². The molecule has 0 aromatic heterocycles. The maximum Gasteiger partial charge on any atom is 0.200 e. The minimum atomic E-state index is -0.274. The van der Waals surface area contributed by atoms with Gasteiger partial charge in [-0.15, -0.1) is 0 Å². The molecule has 2 saturated heterocycles. The normalized spacial score (nSPS) is 24.8. The van der Waals surface area contributed by atoms with Crippen molar-refractivity contribution in [1.29, 1.82) is 0 Å². The fourth-order valence-corrected chi connectivity index (χ4v) is 4.37. The highest BCUT2D eigenvalue weighted by Crippen LogP contribution is 2.35. The highest BCUT2D eigenvalue weighted by molar-refractivity contribution is 6.15. The van der Waals surface area contributed by atoms with Gasteiger partial charge in [-0.25, -0.2) is 0 Å². The fraction of sp³-hybridized carbons (Fsp3) is 0.423. The van der Waals surface area contributed by atoms with E-state index < -0.39 is 0 Å². The van der Waals surface area contributed by atoms with Crippen LogP contribution in [0.4, 0.5) is 0 Å². The van der Waals surface area contributed by atoms with Gasteiger partial charge in [-0.3, -0.25) is 4.79 Å². The zero-order valence-corrected chi connectivity index (χ0v) is 17.7. The van der Waals surface area contributed by atoms with Crippen LogP contribution in [-0.4, -0.2) is 31.6 Å². The molecule has 2 aliphatic heterocycles. The molecule has 0 radical (unpaired) electrons. The van der Waals surface area contributed by atoms with Crippen molar-refractivity contribution in [3.63, 3.8) is 0 Å². The summed E-state index contributed by atoms with van der Waals surface area (Å²) in [5.74, 6) is 1.40. The Bertz CT molecular complexity index is 968. The summed E-state index contributed by atoms with van der Waals surface area (Å²) in [5.41, 5.74) is 3.60. The van der Waals surface area contributed by atoms with Crippen LogP contribution in [0.2, 0.25) is 0 Å². The fourth-order valence-electron chi connectivity index (χ4n) is 4.37. The molecule has 0 N–H and O–H groups in total. The number of ether oxygens (including phenoxy) is 4. The van der Waals surface area contributed by atoms with Crippen molar-refractivity contribution in [3.05, 3.63) is 64.7 Å². The molecule has 5 rings (SSSR count). The molecule has 2 heterocycles. The number of fused-ring (bicyclic) bond motifs is 1. The first-order valence-corrected chi connectivity index (χ1v) is 11.3. The average molecular weight is 421 g/mol. The molecule has 2 unspecified atom stereocenters. The van der Waals surface area contributed by atoms with Crippen LogP contribution in [0, 0.1) is 0 Å². The van der Waals surface area contributed by atoms with Crippen LogP contribution >= 0.6 is 0 Å². The summed E-state index contributed by atoms with van der Waals surface area (Å²) in [4.78, 5) is 12.8. The maximum absolute atomic E-state index is 12.8. The Morgan fingerprint density at radius 1 is 0.839 bits per heavy atom. The molecule has 0 spiro atoms. The standard InChI is InChI=1S/C26H28O5/c27-26-20(17-19-7-1-2-8-21(19)26)15-18-11-12-22(30-24-9-3-5-13-28-24)23(16-18)31-25-10-4-6-14-29-25/h1-2,7-8,11-12,15-16,24-25H,3-6,9-10,13-14,17H2/b20-15+. The molecule has 0 bridgehead atoms. The van der Waals surface area contributed by atoms with Gasteiger partial charge in [0, 0.05) is 30.4 Å². The summed E-state index contributed by atoms with van der Waals surface area (Å²) in [6.45, 7) is 1.43. The lowest BCUT2D eigenvalue weighted by atomic mass is 10.1. The molecule has 2 aromatic carbocycles. The lowest BCUT2D eigenvalue weighted by Gasteiger charge is -2.27. The molecule has 2 fully saturated rings. The lowest BCUT2D eigenvalue weighted by Crippen LogP contribution is -2.27. The van der Waals surface area contributed by atoms with E-state index in [9.17, 15) is 4.79 Å². The Kier molecular flexibility index (Phi) is 6.05. The van der Waals surface area contributed by atoms with Crippen molar-refractivity contribution in [2.45, 2.75) is 57.5 Å². The summed E-state index contributed by atoms with van der Waals surface area (Å²) in [6.07, 6.45) is 8.14. The van der Waals surface area contributed by atoms with E-state index in [0.717, 1.165) is 67.4 Å². The summed E-state index contributed by atoms with van der Waals surface area (Å²) < 4.78 is 23.9. The van der Waals surface area contributed by atoms with Crippen molar-refractivity contribution < 1.29 is 23.7 Å². The Morgan fingerprint density at radius 3 is 2.23 bits per heavy atom. The van der Waals surface area contributed by atoms with E-state index in [1.54, 1.807) is 0 Å². The van der Waals surface area contributed by atoms with Gasteiger partial charge in [0.1, 0.15) is 0 Å². The quantitative estimate of drug-likeness (QED) is 0.613. The van der Waals surface area contributed by atoms with Crippen LogP contribution in [0.5, 0.6) is 11.5 Å². The SMILES string of the molecule is O=C1/C(=C/c2ccc(OC3CCCCO3)c(OC3CCCCO3)c2)Cc2ccccc21. The third-order valence-corrected chi connectivity index (χ3v) is 6.04. The van der Waals surface area contributed by atoms with Gasteiger partial charge in [0.25, 0.3) is 0 Å². The first kappa shape index (κ1) is 20.3. The van der Waals surface area contributed by atoms with E-state index in [2.05, 4.69) is 0 Å². The van der Waals surface area contributed by atoms with E-state index in [0.29, 0.717) is 24.5 Å². The third-order valence-electron chi connectivity index (χ3n) is 6.04. The van der Waals surface area contributed by atoms with Crippen LogP contribution in [-0.2, 0) is 15.9 Å². The van der Waals surface area contributed by atoms with Gasteiger partial charge in [0.2, 0.25) is 0 Å². The smallest absolute Gasteiger partial charge is 0.200 e. The summed E-state index contributed by atoms with van der Waals surface area (Å²) >= 11 is 0. The van der Waals surface area contributed by atoms with E-state index >= 15 is 0 Å². The molecule has 0 saturated carbocycles. The number of Topliss-reactive ketones (excluding diaryl/α,β-unsaturated/α-hetero) is 1. The van der Waals surface area contributed by atoms with Crippen LogP contribution < -0.4 is 9.47 Å². The number of benzene rings is 2. The molecule has 5 heteroatoms. The number of ketones is 1. The van der Waals surface area contributed by atoms with Gasteiger partial charge in [0.15, 0.2) is 29.9 Å². The van der Waals surface area contributed by atoms with Gasteiger partial charge in [-0.1, -0.05) is 30.3 Å². The first-order chi connectivity index (χ1) is 15.3. The van der Waals surface area contributed by atoms with E-state index in [1.165, 1.54) is 0 Å². The van der Waals surface area contributed by atoms with Crippen LogP contribution in [0.3, 0.4) is 0 Å². The van der Waals surface area contributed by atoms with Crippen molar-refractivity contribution >= 4 is 11.9 Å². The predicted molar refractivity (Wildman–Crippen MR) is 117 cm³/mol. The van der Waals surface area contributed by atoms with Crippen molar-refractivity contribution in [3.8, 4) is 11.5 Å². The van der Waals surface area contributed by atoms with E-state index in [4.69, 9.17) is 18.9 Å². The first-order valence-electron chi connectivity index (χ1n) is 11.3.